The number of fused-ring (bicyclic) bond motifs is 7. The summed E-state index contributed by atoms with van der Waals surface area (Å²) in [6, 6.07) is 68.4. The Labute approximate surface area is 304 Å². The molecule has 237 valence electrons. The maximum atomic E-state index is 3.64. The topological polar surface area (TPSA) is 7.76 Å². The molecule has 0 N–H and O–H groups in total. The standard InChI is InChI=1S/C47H30N2.Ir/c1-3-18-36(19-4-1)44-38-22-10-7-15-33(38)27-28-43(44)47(48-31-29-34-16-8-11-23-39(34)45(48)37-20-5-2-6-21-37)42-26-14-13-25-41(42)46-40-24-12-9-17-35(40)30-32-49(46)47;/h1-18,20,22-32H;/t47-;/m0./s1. The Bertz CT molecular complexity index is 2600. The molecule has 2 aromatic heterocycles. The zero-order valence-electron chi connectivity index (χ0n) is 27.0. The minimum Gasteiger partial charge on any atom is -0.167 e. The Hall–Kier alpha value is -5.73. The summed E-state index contributed by atoms with van der Waals surface area (Å²) in [4.78, 5) is 0. The fraction of sp³-hybridized carbons (Fsp3) is 0.0213. The van der Waals surface area contributed by atoms with Gasteiger partial charge in [-0.25, -0.2) is 0 Å². The minimum absolute atomic E-state index is 0. The first-order chi connectivity index (χ1) is 24.3. The molecular weight excluding hydrogens is 785 g/mol. The van der Waals surface area contributed by atoms with E-state index in [-0.39, 0.29) is 20.1 Å². The van der Waals surface area contributed by atoms with E-state index in [0.29, 0.717) is 0 Å². The quantitative estimate of drug-likeness (QED) is 0.124. The van der Waals surface area contributed by atoms with Gasteiger partial charge in [0.15, 0.2) is 12.4 Å². The fourth-order valence-corrected chi connectivity index (χ4v) is 8.24. The van der Waals surface area contributed by atoms with Gasteiger partial charge in [0.2, 0.25) is 5.69 Å². The van der Waals surface area contributed by atoms with Gasteiger partial charge >= 0.3 is 5.66 Å². The van der Waals surface area contributed by atoms with Crippen LogP contribution in [0.15, 0.2) is 182 Å². The SMILES string of the molecule is [Ir].[c-]1ccccc1-c1c([C@]2([n+]3ccc4ccccc4c3-c3[c-]cccc3)c3ccccc3-c3c4ccccc4cc[n+]32)ccc2ccccc12. The van der Waals surface area contributed by atoms with Crippen LogP contribution in [0.25, 0.3) is 66.0 Å². The van der Waals surface area contributed by atoms with Crippen molar-refractivity contribution in [3.05, 3.63) is 206 Å². The van der Waals surface area contributed by atoms with Crippen molar-refractivity contribution >= 4 is 32.3 Å². The first kappa shape index (κ1) is 30.3. The van der Waals surface area contributed by atoms with E-state index in [1.165, 1.54) is 60.3 Å². The van der Waals surface area contributed by atoms with E-state index in [4.69, 9.17) is 0 Å². The predicted octanol–water partition coefficient (Wildman–Crippen LogP) is 9.93. The molecule has 9 aromatic rings. The molecule has 0 amide bonds. The van der Waals surface area contributed by atoms with Crippen LogP contribution in [0.3, 0.4) is 0 Å². The van der Waals surface area contributed by atoms with Crippen molar-refractivity contribution in [2.75, 3.05) is 0 Å². The molecule has 1 aliphatic heterocycles. The van der Waals surface area contributed by atoms with E-state index >= 15 is 0 Å². The molecule has 1 atom stereocenters. The van der Waals surface area contributed by atoms with E-state index in [1.807, 2.05) is 24.3 Å². The molecule has 0 fully saturated rings. The first-order valence-electron chi connectivity index (χ1n) is 16.8. The summed E-state index contributed by atoms with van der Waals surface area (Å²) in [5.74, 6) is 0. The van der Waals surface area contributed by atoms with Gasteiger partial charge in [-0.2, -0.15) is 4.57 Å². The smallest absolute Gasteiger partial charge is 0.167 e. The third kappa shape index (κ3) is 4.31. The average molecular weight is 815 g/mol. The van der Waals surface area contributed by atoms with E-state index in [0.717, 1.165) is 16.8 Å². The molecule has 10 rings (SSSR count). The zero-order chi connectivity index (χ0) is 32.4. The maximum absolute atomic E-state index is 3.64. The van der Waals surface area contributed by atoms with Gasteiger partial charge in [0.05, 0.1) is 16.5 Å². The largest absolute Gasteiger partial charge is 0.401 e. The summed E-state index contributed by atoms with van der Waals surface area (Å²) in [6.07, 6.45) is 4.59. The zero-order valence-corrected chi connectivity index (χ0v) is 29.4. The molecule has 7 aromatic carbocycles. The number of nitrogens with zero attached hydrogens (tertiary/aromatic N) is 2. The second-order valence-corrected chi connectivity index (χ2v) is 12.7. The second kappa shape index (κ2) is 12.0. The van der Waals surface area contributed by atoms with Crippen LogP contribution in [0.2, 0.25) is 0 Å². The van der Waals surface area contributed by atoms with Gasteiger partial charge in [-0.15, -0.1) is 70.8 Å². The Kier molecular flexibility index (Phi) is 7.28. The van der Waals surface area contributed by atoms with E-state index < -0.39 is 5.66 Å². The second-order valence-electron chi connectivity index (χ2n) is 12.7. The molecule has 1 aliphatic rings. The van der Waals surface area contributed by atoms with Crippen molar-refractivity contribution in [2.45, 2.75) is 5.66 Å². The Balaban J connectivity index is 0.00000336. The van der Waals surface area contributed by atoms with Crippen LogP contribution in [0.5, 0.6) is 0 Å². The summed E-state index contributed by atoms with van der Waals surface area (Å²) in [7, 11) is 0. The van der Waals surface area contributed by atoms with Gasteiger partial charge in [-0.3, -0.25) is 0 Å². The number of hydrogen-bond acceptors (Lipinski definition) is 0. The molecule has 0 bridgehead atoms. The number of pyridine rings is 2. The van der Waals surface area contributed by atoms with Gasteiger partial charge < -0.3 is 0 Å². The summed E-state index contributed by atoms with van der Waals surface area (Å²) in [5.41, 5.74) is 8.38. The van der Waals surface area contributed by atoms with Gasteiger partial charge in [0.25, 0.3) is 0 Å². The van der Waals surface area contributed by atoms with Crippen LogP contribution in [-0.4, -0.2) is 0 Å². The Morgan fingerprint density at radius 1 is 0.400 bits per heavy atom. The molecule has 0 saturated heterocycles. The third-order valence-corrected chi connectivity index (χ3v) is 10.2. The van der Waals surface area contributed by atoms with Crippen molar-refractivity contribution in [1.82, 2.24) is 0 Å². The molecule has 50 heavy (non-hydrogen) atoms. The number of benzene rings is 7. The monoisotopic (exact) mass is 815 g/mol. The molecule has 2 nitrogen and oxygen atoms in total. The van der Waals surface area contributed by atoms with Gasteiger partial charge in [0.1, 0.15) is 11.3 Å². The van der Waals surface area contributed by atoms with Crippen molar-refractivity contribution in [1.29, 1.82) is 0 Å². The van der Waals surface area contributed by atoms with Crippen molar-refractivity contribution in [2.24, 2.45) is 0 Å². The molecule has 0 spiro atoms. The Morgan fingerprint density at radius 3 is 1.58 bits per heavy atom. The minimum atomic E-state index is -0.831. The summed E-state index contributed by atoms with van der Waals surface area (Å²) >= 11 is 0. The number of aromatic nitrogens is 2. The van der Waals surface area contributed by atoms with Crippen LogP contribution >= 0.6 is 0 Å². The summed E-state index contributed by atoms with van der Waals surface area (Å²) in [6.45, 7) is 0. The molecule has 0 saturated carbocycles. The fourth-order valence-electron chi connectivity index (χ4n) is 8.24. The predicted molar refractivity (Wildman–Crippen MR) is 198 cm³/mol. The number of rotatable bonds is 4. The number of hydrogen-bond donors (Lipinski definition) is 0. The van der Waals surface area contributed by atoms with E-state index in [9.17, 15) is 0 Å². The van der Waals surface area contributed by atoms with Gasteiger partial charge in [-0.1, -0.05) is 108 Å². The normalized spacial score (nSPS) is 14.7. The molecule has 1 radical (unpaired) electrons. The molecule has 3 heteroatoms. The van der Waals surface area contributed by atoms with E-state index in [2.05, 4.69) is 179 Å². The van der Waals surface area contributed by atoms with Crippen LogP contribution < -0.4 is 9.13 Å². The first-order valence-corrected chi connectivity index (χ1v) is 16.8. The van der Waals surface area contributed by atoms with Gasteiger partial charge in [-0.05, 0) is 34.4 Å². The maximum Gasteiger partial charge on any atom is 0.401 e. The molecular formula is C47H30IrN2. The van der Waals surface area contributed by atoms with Crippen LogP contribution in [-0.2, 0) is 25.8 Å². The van der Waals surface area contributed by atoms with Crippen LogP contribution in [0, 0.1) is 12.1 Å². The van der Waals surface area contributed by atoms with Crippen molar-refractivity contribution < 1.29 is 29.2 Å². The summed E-state index contributed by atoms with van der Waals surface area (Å²) in [5, 5.41) is 7.20. The molecule has 0 unspecified atom stereocenters. The molecule has 0 aliphatic carbocycles. The Morgan fingerprint density at radius 2 is 0.920 bits per heavy atom. The summed E-state index contributed by atoms with van der Waals surface area (Å²) < 4.78 is 5.04. The van der Waals surface area contributed by atoms with Crippen LogP contribution in [0.1, 0.15) is 11.1 Å². The average Bonchev–Trinajstić information content (AvgIpc) is 3.49. The third-order valence-electron chi connectivity index (χ3n) is 10.2. The van der Waals surface area contributed by atoms with Crippen molar-refractivity contribution in [3.8, 4) is 33.6 Å². The van der Waals surface area contributed by atoms with Crippen LogP contribution in [0.4, 0.5) is 0 Å². The van der Waals surface area contributed by atoms with Crippen molar-refractivity contribution in [3.63, 3.8) is 0 Å². The van der Waals surface area contributed by atoms with E-state index in [1.54, 1.807) is 0 Å². The van der Waals surface area contributed by atoms with Gasteiger partial charge in [0, 0.05) is 37.6 Å². The molecule has 3 heterocycles.